The first-order valence-corrected chi connectivity index (χ1v) is 9.02. The normalized spacial score (nSPS) is 33.0. The Morgan fingerprint density at radius 1 is 1.47 bits per heavy atom. The molecule has 1 aliphatic rings. The van der Waals surface area contributed by atoms with Crippen molar-refractivity contribution in [2.75, 3.05) is 5.75 Å². The highest BCUT2D eigenvalue weighted by molar-refractivity contribution is 7.80. The zero-order valence-electron chi connectivity index (χ0n) is 11.7. The molecule has 0 bridgehead atoms. The molecule has 1 heterocycles. The predicted octanol–water partition coefficient (Wildman–Crippen LogP) is 3.27. The highest BCUT2D eigenvalue weighted by Crippen LogP contribution is 2.35. The van der Waals surface area contributed by atoms with Gasteiger partial charge in [-0.2, -0.15) is 12.6 Å². The highest BCUT2D eigenvalue weighted by Gasteiger charge is 2.51. The fourth-order valence-corrected chi connectivity index (χ4v) is 6.30. The van der Waals surface area contributed by atoms with Crippen LogP contribution in [0.1, 0.15) is 47.5 Å². The van der Waals surface area contributed by atoms with E-state index < -0.39 is 8.80 Å². The second kappa shape index (κ2) is 6.06. The average molecular weight is 278 g/mol. The molecule has 1 saturated heterocycles. The van der Waals surface area contributed by atoms with Crippen LogP contribution < -0.4 is 0 Å². The summed E-state index contributed by atoms with van der Waals surface area (Å²) in [6.45, 7) is 10.4. The largest absolute Gasteiger partial charge is 0.501 e. The smallest absolute Gasteiger partial charge is 0.371 e. The van der Waals surface area contributed by atoms with Crippen LogP contribution in [0.2, 0.25) is 6.04 Å². The maximum absolute atomic E-state index is 6.21. The van der Waals surface area contributed by atoms with Crippen molar-refractivity contribution >= 4 is 21.4 Å². The maximum Gasteiger partial charge on any atom is 0.501 e. The molecule has 0 aliphatic carbocycles. The molecule has 0 aromatic rings. The van der Waals surface area contributed by atoms with Crippen molar-refractivity contribution in [2.24, 2.45) is 0 Å². The van der Waals surface area contributed by atoms with Crippen LogP contribution in [0.15, 0.2) is 0 Å². The van der Waals surface area contributed by atoms with E-state index in [1.165, 1.54) is 0 Å². The van der Waals surface area contributed by atoms with E-state index in [4.69, 9.17) is 13.3 Å². The molecule has 1 fully saturated rings. The SMILES string of the molecule is CC(C)O[Si]1(CCCS)OC(C)CC(C)(C)O1. The first-order valence-electron chi connectivity index (χ1n) is 6.45. The Kier molecular flexibility index (Phi) is 5.53. The molecular formula is C12H26O3SSi. The summed E-state index contributed by atoms with van der Waals surface area (Å²) < 4.78 is 18.3. The quantitative estimate of drug-likeness (QED) is 0.618. The third kappa shape index (κ3) is 4.91. The third-order valence-corrected chi connectivity index (χ3v) is 6.39. The predicted molar refractivity (Wildman–Crippen MR) is 75.6 cm³/mol. The lowest BCUT2D eigenvalue weighted by Gasteiger charge is -2.45. The van der Waals surface area contributed by atoms with Crippen LogP contribution >= 0.6 is 12.6 Å². The number of hydrogen-bond acceptors (Lipinski definition) is 4. The van der Waals surface area contributed by atoms with Gasteiger partial charge in [0.05, 0.1) is 5.60 Å². The summed E-state index contributed by atoms with van der Waals surface area (Å²) in [6.07, 6.45) is 2.25. The summed E-state index contributed by atoms with van der Waals surface area (Å²) in [5.41, 5.74) is -0.143. The fraction of sp³-hybridized carbons (Fsp3) is 1.00. The van der Waals surface area contributed by atoms with E-state index in [9.17, 15) is 0 Å². The minimum Gasteiger partial charge on any atom is -0.371 e. The summed E-state index contributed by atoms with van der Waals surface area (Å²) >= 11 is 4.27. The van der Waals surface area contributed by atoms with Crippen molar-refractivity contribution in [3.05, 3.63) is 0 Å². The Hall–Kier alpha value is 0.447. The fourth-order valence-electron chi connectivity index (χ4n) is 2.40. The Morgan fingerprint density at radius 2 is 2.12 bits per heavy atom. The molecular weight excluding hydrogens is 252 g/mol. The Morgan fingerprint density at radius 3 is 2.59 bits per heavy atom. The monoisotopic (exact) mass is 278 g/mol. The van der Waals surface area contributed by atoms with E-state index >= 15 is 0 Å². The molecule has 0 aromatic heterocycles. The molecule has 0 spiro atoms. The molecule has 0 radical (unpaired) electrons. The topological polar surface area (TPSA) is 27.7 Å². The van der Waals surface area contributed by atoms with E-state index in [0.29, 0.717) is 0 Å². The summed E-state index contributed by atoms with van der Waals surface area (Å²) in [4.78, 5) is 0. The van der Waals surface area contributed by atoms with Gasteiger partial charge in [-0.15, -0.1) is 0 Å². The van der Waals surface area contributed by atoms with E-state index in [2.05, 4.69) is 33.4 Å². The third-order valence-electron chi connectivity index (χ3n) is 2.65. The van der Waals surface area contributed by atoms with Gasteiger partial charge in [0.2, 0.25) is 0 Å². The molecule has 1 rings (SSSR count). The van der Waals surface area contributed by atoms with Gasteiger partial charge in [-0.3, -0.25) is 0 Å². The van der Waals surface area contributed by atoms with Crippen molar-refractivity contribution < 1.29 is 13.3 Å². The van der Waals surface area contributed by atoms with Crippen LogP contribution in [0.4, 0.5) is 0 Å². The van der Waals surface area contributed by atoms with Gasteiger partial charge in [-0.25, -0.2) is 0 Å². The van der Waals surface area contributed by atoms with E-state index in [0.717, 1.165) is 24.6 Å². The van der Waals surface area contributed by atoms with E-state index in [1.807, 2.05) is 13.8 Å². The molecule has 102 valence electrons. The minimum atomic E-state index is -2.51. The molecule has 0 saturated carbocycles. The molecule has 2 atom stereocenters. The zero-order valence-corrected chi connectivity index (χ0v) is 13.5. The van der Waals surface area contributed by atoms with E-state index in [1.54, 1.807) is 0 Å². The van der Waals surface area contributed by atoms with Crippen LogP contribution in [0.3, 0.4) is 0 Å². The minimum absolute atomic E-state index is 0.141. The first-order chi connectivity index (χ1) is 7.79. The summed E-state index contributed by atoms with van der Waals surface area (Å²) in [5, 5.41) is 0. The van der Waals surface area contributed by atoms with Gasteiger partial charge in [0.25, 0.3) is 0 Å². The zero-order chi connectivity index (χ0) is 13.1. The van der Waals surface area contributed by atoms with Gasteiger partial charge >= 0.3 is 8.80 Å². The van der Waals surface area contributed by atoms with Crippen molar-refractivity contribution in [2.45, 2.75) is 71.3 Å². The summed E-state index contributed by atoms with van der Waals surface area (Å²) in [5.74, 6) is 0.845. The second-order valence-corrected chi connectivity index (χ2v) is 8.66. The van der Waals surface area contributed by atoms with Gasteiger partial charge in [0.1, 0.15) is 0 Å². The summed E-state index contributed by atoms with van der Waals surface area (Å²) in [6, 6.07) is 0.864. The van der Waals surface area contributed by atoms with Crippen LogP contribution in [-0.2, 0) is 13.3 Å². The van der Waals surface area contributed by atoms with E-state index in [-0.39, 0.29) is 17.8 Å². The Labute approximate surface area is 112 Å². The number of rotatable bonds is 5. The lowest BCUT2D eigenvalue weighted by molar-refractivity contribution is -0.0978. The van der Waals surface area contributed by atoms with Crippen molar-refractivity contribution in [1.82, 2.24) is 0 Å². The average Bonchev–Trinajstić information content (AvgIpc) is 2.09. The molecule has 5 heteroatoms. The van der Waals surface area contributed by atoms with Crippen LogP contribution in [0.5, 0.6) is 0 Å². The molecule has 1 aliphatic heterocycles. The second-order valence-electron chi connectivity index (χ2n) is 5.67. The van der Waals surface area contributed by atoms with Gasteiger partial charge in [-0.1, -0.05) is 0 Å². The molecule has 3 nitrogen and oxygen atoms in total. The van der Waals surface area contributed by atoms with Crippen molar-refractivity contribution in [3.8, 4) is 0 Å². The molecule has 2 unspecified atom stereocenters. The lowest BCUT2D eigenvalue weighted by atomic mass is 10.0. The highest BCUT2D eigenvalue weighted by atomic mass is 32.1. The van der Waals surface area contributed by atoms with Gasteiger partial charge in [0.15, 0.2) is 0 Å². The Bertz CT molecular complexity index is 244. The Balaban J connectivity index is 2.80. The maximum atomic E-state index is 6.21. The van der Waals surface area contributed by atoms with Crippen molar-refractivity contribution in [1.29, 1.82) is 0 Å². The lowest BCUT2D eigenvalue weighted by Crippen LogP contribution is -2.58. The van der Waals surface area contributed by atoms with Gasteiger partial charge in [-0.05, 0) is 53.2 Å². The number of thiol groups is 1. The van der Waals surface area contributed by atoms with Crippen LogP contribution in [-0.4, -0.2) is 32.4 Å². The molecule has 0 amide bonds. The molecule has 0 aromatic carbocycles. The van der Waals surface area contributed by atoms with Gasteiger partial charge < -0.3 is 13.3 Å². The molecule has 0 N–H and O–H groups in total. The summed E-state index contributed by atoms with van der Waals surface area (Å²) in [7, 11) is -2.51. The van der Waals surface area contributed by atoms with Crippen LogP contribution in [0.25, 0.3) is 0 Å². The first kappa shape index (κ1) is 15.5. The van der Waals surface area contributed by atoms with Crippen LogP contribution in [0, 0.1) is 0 Å². The molecule has 17 heavy (non-hydrogen) atoms. The number of hydrogen-bond donors (Lipinski definition) is 1. The van der Waals surface area contributed by atoms with Crippen molar-refractivity contribution in [3.63, 3.8) is 0 Å². The standard InChI is InChI=1S/C12H26O3SSi/c1-10(2)13-17(8-6-7-16)14-11(3)9-12(4,5)15-17/h10-11,16H,6-9H2,1-5H3. The van der Waals surface area contributed by atoms with Gasteiger partial charge in [0, 0.05) is 18.3 Å².